The van der Waals surface area contributed by atoms with Crippen LogP contribution in [0.2, 0.25) is 0 Å². The van der Waals surface area contributed by atoms with Crippen molar-refractivity contribution in [3.05, 3.63) is 81.4 Å². The number of hydrogen-bond donors (Lipinski definition) is 3. The zero-order chi connectivity index (χ0) is 32.6. The number of nitro benzene ring substituents is 1. The third kappa shape index (κ3) is 9.18. The Morgan fingerprint density at radius 3 is 1.68 bits per heavy atom. The second-order valence-electron chi connectivity index (χ2n) is 11.2. The van der Waals surface area contributed by atoms with Crippen LogP contribution in [-0.2, 0) is 0 Å². The molecule has 12 heteroatoms. The lowest BCUT2D eigenvalue weighted by molar-refractivity contribution is -0.385. The van der Waals surface area contributed by atoms with E-state index in [4.69, 9.17) is 14.2 Å². The number of carboxylic acids is 1. The number of rotatable bonds is 14. The molecule has 0 radical (unpaired) electrons. The van der Waals surface area contributed by atoms with Gasteiger partial charge in [0, 0.05) is 23.3 Å². The van der Waals surface area contributed by atoms with E-state index in [1.807, 2.05) is 27.7 Å². The van der Waals surface area contributed by atoms with Crippen molar-refractivity contribution >= 4 is 34.8 Å². The monoisotopic (exact) mass is 607 g/mol. The highest BCUT2D eigenvalue weighted by Gasteiger charge is 2.21. The topological polar surface area (TPSA) is 166 Å². The summed E-state index contributed by atoms with van der Waals surface area (Å²) >= 11 is 0. The highest BCUT2D eigenvalue weighted by molar-refractivity contribution is 6.08. The van der Waals surface area contributed by atoms with Crippen molar-refractivity contribution in [3.8, 4) is 17.2 Å². The normalized spacial score (nSPS) is 10.9. The average Bonchev–Trinajstić information content (AvgIpc) is 2.95. The summed E-state index contributed by atoms with van der Waals surface area (Å²) < 4.78 is 17.3. The molecular formula is C32H37N3O9. The van der Waals surface area contributed by atoms with E-state index >= 15 is 0 Å². The molecular weight excluding hydrogens is 570 g/mol. The first-order valence-electron chi connectivity index (χ1n) is 14.1. The second kappa shape index (κ2) is 14.9. The Morgan fingerprint density at radius 1 is 0.727 bits per heavy atom. The molecule has 0 aromatic heterocycles. The molecule has 3 N–H and O–H groups in total. The number of aromatic carboxylic acids is 1. The summed E-state index contributed by atoms with van der Waals surface area (Å²) in [7, 11) is 0. The largest absolute Gasteiger partial charge is 0.491 e. The summed E-state index contributed by atoms with van der Waals surface area (Å²) in [5.41, 5.74) is 0.662. The predicted octanol–water partition coefficient (Wildman–Crippen LogP) is 6.65. The van der Waals surface area contributed by atoms with Gasteiger partial charge in [0.1, 0.15) is 11.5 Å². The highest BCUT2D eigenvalue weighted by Crippen LogP contribution is 2.32. The van der Waals surface area contributed by atoms with Gasteiger partial charge in [-0.3, -0.25) is 19.7 Å². The van der Waals surface area contributed by atoms with E-state index in [0.29, 0.717) is 6.61 Å². The number of benzene rings is 3. The molecule has 234 valence electrons. The first-order chi connectivity index (χ1) is 20.7. The van der Waals surface area contributed by atoms with Crippen LogP contribution in [0.15, 0.2) is 54.6 Å². The van der Waals surface area contributed by atoms with Crippen LogP contribution in [-0.4, -0.2) is 47.1 Å². The van der Waals surface area contributed by atoms with Crippen LogP contribution in [0.25, 0.3) is 0 Å². The molecule has 0 heterocycles. The lowest BCUT2D eigenvalue weighted by Gasteiger charge is -2.17. The molecule has 0 aliphatic heterocycles. The quantitative estimate of drug-likeness (QED) is 0.134. The van der Waals surface area contributed by atoms with Gasteiger partial charge in [0.25, 0.3) is 11.8 Å². The minimum absolute atomic E-state index is 0.00902. The average molecular weight is 608 g/mol. The van der Waals surface area contributed by atoms with Crippen LogP contribution < -0.4 is 24.8 Å². The number of amides is 2. The van der Waals surface area contributed by atoms with Crippen LogP contribution in [0, 0.1) is 22.0 Å². The molecule has 2 amide bonds. The van der Waals surface area contributed by atoms with Gasteiger partial charge in [-0.15, -0.1) is 0 Å². The van der Waals surface area contributed by atoms with Crippen molar-refractivity contribution in [1.82, 2.24) is 0 Å². The summed E-state index contributed by atoms with van der Waals surface area (Å²) in [6.07, 6.45) is -0.276. The number of ether oxygens (including phenoxy) is 3. The molecule has 0 aliphatic rings. The highest BCUT2D eigenvalue weighted by atomic mass is 16.6. The number of nitrogens with zero attached hydrogens (tertiary/aromatic N) is 1. The number of nitrogens with one attached hydrogen (secondary N) is 2. The van der Waals surface area contributed by atoms with Crippen LogP contribution in [0.5, 0.6) is 17.2 Å². The Hall–Kier alpha value is -5.13. The van der Waals surface area contributed by atoms with Crippen molar-refractivity contribution in [2.75, 3.05) is 23.8 Å². The van der Waals surface area contributed by atoms with Crippen molar-refractivity contribution in [2.45, 2.75) is 47.6 Å². The molecule has 0 bridgehead atoms. The number of carboxylic acid groups (broad SMARTS) is 1. The molecule has 0 atom stereocenters. The zero-order valence-corrected chi connectivity index (χ0v) is 25.5. The first kappa shape index (κ1) is 33.4. The minimum Gasteiger partial charge on any atom is -0.491 e. The molecule has 0 aliphatic carbocycles. The van der Waals surface area contributed by atoms with E-state index in [1.165, 1.54) is 54.6 Å². The summed E-state index contributed by atoms with van der Waals surface area (Å²) in [6.45, 7) is 11.8. The van der Waals surface area contributed by atoms with E-state index < -0.39 is 22.7 Å². The third-order valence-electron chi connectivity index (χ3n) is 5.89. The Kier molecular flexibility index (Phi) is 11.3. The summed E-state index contributed by atoms with van der Waals surface area (Å²) in [5.74, 6) is -1.54. The number of anilines is 2. The summed E-state index contributed by atoms with van der Waals surface area (Å²) in [5, 5.41) is 26.3. The summed E-state index contributed by atoms with van der Waals surface area (Å²) in [6, 6.07) is 12.5. The molecule has 44 heavy (non-hydrogen) atoms. The molecule has 0 unspecified atom stereocenters. The molecule has 3 rings (SSSR count). The zero-order valence-electron chi connectivity index (χ0n) is 25.5. The van der Waals surface area contributed by atoms with E-state index in [2.05, 4.69) is 10.6 Å². The smallest absolute Gasteiger partial charge is 0.335 e. The predicted molar refractivity (Wildman–Crippen MR) is 165 cm³/mol. The van der Waals surface area contributed by atoms with E-state index in [0.717, 1.165) is 0 Å². The van der Waals surface area contributed by atoms with Gasteiger partial charge in [0.05, 0.1) is 41.2 Å². The SMILES string of the molecule is CC(C)COc1cc(C(=O)Nc2ccc(C(=O)O)cc2OC(C)C)ccc1NC(=O)c1ccc([N+](=O)[O-])c(OCC(C)C)c1. The molecule has 3 aromatic carbocycles. The molecule has 0 saturated heterocycles. The Balaban J connectivity index is 1.90. The summed E-state index contributed by atoms with van der Waals surface area (Å²) in [4.78, 5) is 48.8. The Morgan fingerprint density at radius 2 is 1.18 bits per heavy atom. The maximum Gasteiger partial charge on any atom is 0.335 e. The maximum atomic E-state index is 13.3. The van der Waals surface area contributed by atoms with Gasteiger partial charge >= 0.3 is 11.7 Å². The van der Waals surface area contributed by atoms with Gasteiger partial charge in [-0.1, -0.05) is 27.7 Å². The Labute approximate surface area is 255 Å². The molecule has 0 saturated carbocycles. The minimum atomic E-state index is -1.13. The van der Waals surface area contributed by atoms with Gasteiger partial charge in [-0.2, -0.15) is 0 Å². The van der Waals surface area contributed by atoms with Gasteiger partial charge in [-0.05, 0) is 68.1 Å². The number of carbonyl (C=O) groups is 3. The van der Waals surface area contributed by atoms with Crippen molar-refractivity contribution < 1.29 is 38.6 Å². The fourth-order valence-electron chi connectivity index (χ4n) is 3.82. The van der Waals surface area contributed by atoms with Crippen molar-refractivity contribution in [3.63, 3.8) is 0 Å². The van der Waals surface area contributed by atoms with Crippen molar-refractivity contribution in [1.29, 1.82) is 0 Å². The van der Waals surface area contributed by atoms with Crippen LogP contribution in [0.1, 0.15) is 72.6 Å². The van der Waals surface area contributed by atoms with Gasteiger partial charge in [0.15, 0.2) is 5.75 Å². The first-order valence-corrected chi connectivity index (χ1v) is 14.1. The van der Waals surface area contributed by atoms with E-state index in [9.17, 15) is 29.6 Å². The van der Waals surface area contributed by atoms with Crippen LogP contribution >= 0.6 is 0 Å². The fourth-order valence-corrected chi connectivity index (χ4v) is 3.82. The standard InChI is InChI=1S/C32H37N3O9/c1-18(2)16-42-27-13-21(30(36)34-25-11-8-23(32(38)39)15-28(25)44-20(5)6)7-10-24(27)33-31(37)22-9-12-26(35(40)41)29(14-22)43-17-19(3)4/h7-15,18-20H,16-17H2,1-6H3,(H,33,37)(H,34,36)(H,38,39). The van der Waals surface area contributed by atoms with E-state index in [-0.39, 0.29) is 75.5 Å². The van der Waals surface area contributed by atoms with Crippen molar-refractivity contribution in [2.24, 2.45) is 11.8 Å². The lowest BCUT2D eigenvalue weighted by Crippen LogP contribution is -2.17. The van der Waals surface area contributed by atoms with Crippen LogP contribution in [0.3, 0.4) is 0 Å². The molecule has 12 nitrogen and oxygen atoms in total. The van der Waals surface area contributed by atoms with Crippen LogP contribution in [0.4, 0.5) is 17.1 Å². The fraction of sp³-hybridized carbons (Fsp3) is 0.344. The van der Waals surface area contributed by atoms with E-state index in [1.54, 1.807) is 13.8 Å². The number of nitro groups is 1. The lowest BCUT2D eigenvalue weighted by atomic mass is 10.1. The maximum absolute atomic E-state index is 13.3. The van der Waals surface area contributed by atoms with Gasteiger partial charge in [-0.25, -0.2) is 4.79 Å². The van der Waals surface area contributed by atoms with Gasteiger partial charge in [0.2, 0.25) is 0 Å². The Bertz CT molecular complexity index is 1530. The third-order valence-corrected chi connectivity index (χ3v) is 5.89. The van der Waals surface area contributed by atoms with Gasteiger partial charge < -0.3 is 30.0 Å². The number of carbonyl (C=O) groups excluding carboxylic acids is 2. The molecule has 3 aromatic rings. The molecule has 0 fully saturated rings. The molecule has 0 spiro atoms. The number of hydrogen-bond acceptors (Lipinski definition) is 8. The second-order valence-corrected chi connectivity index (χ2v) is 11.2.